The largest absolute Gasteiger partial charge is 0.398 e. The normalized spacial score (nSPS) is 15.9. The molecule has 4 nitrogen and oxygen atoms in total. The molecular formula is C24H26N4. The predicted molar refractivity (Wildman–Crippen MR) is 115 cm³/mol. The fourth-order valence-electron chi connectivity index (χ4n) is 3.72. The molecule has 1 aliphatic heterocycles. The topological polar surface area (TPSA) is 54.5 Å². The van der Waals surface area contributed by atoms with Gasteiger partial charge in [-0.3, -0.25) is 14.9 Å². The third-order valence-electron chi connectivity index (χ3n) is 5.26. The Hall–Kier alpha value is -2.98. The van der Waals surface area contributed by atoms with Gasteiger partial charge in [0.05, 0.1) is 5.69 Å². The summed E-state index contributed by atoms with van der Waals surface area (Å²) in [7, 11) is 0. The van der Waals surface area contributed by atoms with Crippen molar-refractivity contribution >= 4 is 11.4 Å². The third-order valence-corrected chi connectivity index (χ3v) is 5.26. The molecule has 1 aliphatic rings. The summed E-state index contributed by atoms with van der Waals surface area (Å²) in [5.41, 5.74) is 11.8. The number of hydrogen-bond acceptors (Lipinski definition) is 4. The molecule has 4 heteroatoms. The van der Waals surface area contributed by atoms with Gasteiger partial charge in [-0.25, -0.2) is 0 Å². The molecule has 0 spiro atoms. The molecule has 0 amide bonds. The Bertz CT molecular complexity index is 912. The summed E-state index contributed by atoms with van der Waals surface area (Å²) in [6.07, 6.45) is 3.84. The van der Waals surface area contributed by atoms with Gasteiger partial charge >= 0.3 is 0 Å². The second-order valence-electron chi connectivity index (χ2n) is 7.23. The number of aliphatic imine (C=N–C) groups is 1. The zero-order chi connectivity index (χ0) is 19.2. The van der Waals surface area contributed by atoms with Gasteiger partial charge in [-0.2, -0.15) is 0 Å². The molecule has 0 radical (unpaired) electrons. The van der Waals surface area contributed by atoms with Gasteiger partial charge in [0.1, 0.15) is 6.04 Å². The lowest BCUT2D eigenvalue weighted by molar-refractivity contribution is 0.263. The van der Waals surface area contributed by atoms with E-state index in [1.165, 1.54) is 11.3 Å². The summed E-state index contributed by atoms with van der Waals surface area (Å²) in [6, 6.07) is 24.6. The number of nitrogens with two attached hydrogens (primary N) is 1. The van der Waals surface area contributed by atoms with Crippen LogP contribution in [0, 0.1) is 0 Å². The van der Waals surface area contributed by atoms with Crippen molar-refractivity contribution in [2.75, 3.05) is 18.8 Å². The van der Waals surface area contributed by atoms with Crippen molar-refractivity contribution in [2.45, 2.75) is 25.4 Å². The maximum atomic E-state index is 6.29. The van der Waals surface area contributed by atoms with E-state index >= 15 is 0 Å². The molecule has 1 unspecified atom stereocenters. The van der Waals surface area contributed by atoms with E-state index < -0.39 is 0 Å². The van der Waals surface area contributed by atoms with Crippen LogP contribution in [0.25, 0.3) is 0 Å². The fraction of sp³-hybridized carbons (Fsp3) is 0.250. The van der Waals surface area contributed by atoms with Gasteiger partial charge in [-0.05, 0) is 36.6 Å². The van der Waals surface area contributed by atoms with E-state index in [4.69, 9.17) is 10.7 Å². The van der Waals surface area contributed by atoms with Crippen LogP contribution in [0.2, 0.25) is 0 Å². The molecule has 1 aromatic heterocycles. The van der Waals surface area contributed by atoms with Gasteiger partial charge in [-0.15, -0.1) is 0 Å². The summed E-state index contributed by atoms with van der Waals surface area (Å²) < 4.78 is 0. The van der Waals surface area contributed by atoms with Crippen LogP contribution in [0.4, 0.5) is 5.69 Å². The third kappa shape index (κ3) is 4.46. The van der Waals surface area contributed by atoms with Crippen molar-refractivity contribution in [3.8, 4) is 0 Å². The predicted octanol–water partition coefficient (Wildman–Crippen LogP) is 4.49. The van der Waals surface area contributed by atoms with E-state index in [1.54, 1.807) is 0 Å². The Morgan fingerprint density at radius 1 is 0.893 bits per heavy atom. The number of piperidine rings is 1. The molecular weight excluding hydrogens is 344 g/mol. The van der Waals surface area contributed by atoms with Crippen LogP contribution < -0.4 is 5.73 Å². The van der Waals surface area contributed by atoms with Gasteiger partial charge in [0.15, 0.2) is 0 Å². The number of para-hydroxylation sites is 1. The Balaban J connectivity index is 1.51. The summed E-state index contributed by atoms with van der Waals surface area (Å²) in [6.45, 7) is 2.93. The molecule has 0 bridgehead atoms. The number of nitrogen functional groups attached to an aromatic ring is 1. The molecule has 1 atom stereocenters. The first-order chi connectivity index (χ1) is 13.8. The Labute approximate surface area is 166 Å². The van der Waals surface area contributed by atoms with Crippen molar-refractivity contribution in [3.63, 3.8) is 0 Å². The van der Waals surface area contributed by atoms with E-state index in [1.807, 2.05) is 42.6 Å². The highest BCUT2D eigenvalue weighted by molar-refractivity contribution is 5.86. The Kier molecular flexibility index (Phi) is 5.78. The van der Waals surface area contributed by atoms with E-state index in [2.05, 4.69) is 46.3 Å². The first-order valence-electron chi connectivity index (χ1n) is 9.87. The molecule has 1 fully saturated rings. The number of anilines is 1. The van der Waals surface area contributed by atoms with Gasteiger partial charge in [0.25, 0.3) is 0 Å². The van der Waals surface area contributed by atoms with Gasteiger partial charge in [-0.1, -0.05) is 54.6 Å². The maximum Gasteiger partial charge on any atom is 0.102 e. The van der Waals surface area contributed by atoms with Crippen molar-refractivity contribution in [2.24, 2.45) is 4.99 Å². The lowest BCUT2D eigenvalue weighted by Crippen LogP contribution is -2.33. The second-order valence-corrected chi connectivity index (χ2v) is 7.23. The van der Waals surface area contributed by atoms with Crippen LogP contribution >= 0.6 is 0 Å². The molecule has 3 aromatic rings. The first-order valence-corrected chi connectivity index (χ1v) is 9.87. The summed E-state index contributed by atoms with van der Waals surface area (Å²) >= 11 is 0. The average molecular weight is 371 g/mol. The quantitative estimate of drug-likeness (QED) is 0.673. The van der Waals surface area contributed by atoms with Crippen LogP contribution in [0.1, 0.15) is 35.7 Å². The number of hydrogen-bond donors (Lipinski definition) is 1. The average Bonchev–Trinajstić information content (AvgIpc) is 2.75. The lowest BCUT2D eigenvalue weighted by Gasteiger charge is -2.28. The molecule has 4 rings (SSSR count). The zero-order valence-electron chi connectivity index (χ0n) is 16.0. The molecule has 1 saturated heterocycles. The molecule has 2 aromatic carbocycles. The molecule has 28 heavy (non-hydrogen) atoms. The van der Waals surface area contributed by atoms with Crippen LogP contribution in [-0.4, -0.2) is 28.7 Å². The molecule has 0 saturated carbocycles. The molecule has 2 N–H and O–H groups in total. The van der Waals surface area contributed by atoms with Crippen LogP contribution in [-0.2, 0) is 6.54 Å². The smallest absolute Gasteiger partial charge is 0.102 e. The first kappa shape index (κ1) is 18.4. The molecule has 142 valence electrons. The van der Waals surface area contributed by atoms with E-state index in [9.17, 15) is 0 Å². The highest BCUT2D eigenvalue weighted by atomic mass is 15.1. The van der Waals surface area contributed by atoms with Crippen LogP contribution in [0.5, 0.6) is 0 Å². The summed E-state index contributed by atoms with van der Waals surface area (Å²) in [4.78, 5) is 12.1. The van der Waals surface area contributed by atoms with Crippen molar-refractivity contribution < 1.29 is 0 Å². The lowest BCUT2D eigenvalue weighted by atomic mass is 9.97. The minimum absolute atomic E-state index is 0.0419. The molecule has 2 heterocycles. The van der Waals surface area contributed by atoms with Crippen molar-refractivity contribution in [1.82, 2.24) is 9.88 Å². The van der Waals surface area contributed by atoms with E-state index in [0.29, 0.717) is 0 Å². The number of rotatable bonds is 5. The number of aromatic nitrogens is 1. The minimum atomic E-state index is -0.0419. The van der Waals surface area contributed by atoms with Crippen LogP contribution in [0.15, 0.2) is 84.0 Å². The van der Waals surface area contributed by atoms with Gasteiger partial charge in [0.2, 0.25) is 0 Å². The van der Waals surface area contributed by atoms with Gasteiger partial charge in [0, 0.05) is 42.8 Å². The Morgan fingerprint density at radius 3 is 2.32 bits per heavy atom. The minimum Gasteiger partial charge on any atom is -0.398 e. The highest BCUT2D eigenvalue weighted by Crippen LogP contribution is 2.31. The standard InChI is InChI=1S/C24H26N4/c25-23-12-5-4-11-22(23)24(19-8-2-1-3-9-19)27-20-13-16-28(17-14-20)18-21-10-6-7-15-26-21/h1-12,15,24H,13-14,16-18,25H2. The van der Waals surface area contributed by atoms with Crippen LogP contribution in [0.3, 0.4) is 0 Å². The van der Waals surface area contributed by atoms with Gasteiger partial charge < -0.3 is 5.73 Å². The highest BCUT2D eigenvalue weighted by Gasteiger charge is 2.20. The van der Waals surface area contributed by atoms with E-state index in [0.717, 1.165) is 49.4 Å². The van der Waals surface area contributed by atoms with E-state index in [-0.39, 0.29) is 6.04 Å². The fourth-order valence-corrected chi connectivity index (χ4v) is 3.72. The summed E-state index contributed by atoms with van der Waals surface area (Å²) in [5.74, 6) is 0. The Morgan fingerprint density at radius 2 is 1.61 bits per heavy atom. The zero-order valence-corrected chi connectivity index (χ0v) is 16.0. The second kappa shape index (κ2) is 8.81. The van der Waals surface area contributed by atoms with Crippen molar-refractivity contribution in [1.29, 1.82) is 0 Å². The number of nitrogens with zero attached hydrogens (tertiary/aromatic N) is 3. The van der Waals surface area contributed by atoms with Crippen molar-refractivity contribution in [3.05, 3.63) is 95.8 Å². The number of pyridine rings is 1. The maximum absolute atomic E-state index is 6.29. The SMILES string of the molecule is Nc1ccccc1C(N=C1CCN(Cc2ccccn2)CC1)c1ccccc1. The number of likely N-dealkylation sites (tertiary alicyclic amines) is 1. The summed E-state index contributed by atoms with van der Waals surface area (Å²) in [5, 5.41) is 0. The molecule has 0 aliphatic carbocycles. The number of benzene rings is 2. The monoisotopic (exact) mass is 370 g/mol.